The molecule has 1 aromatic heterocycles. The number of aromatic nitrogens is 1. The molecule has 0 N–H and O–H groups in total. The maximum atomic E-state index is 13.7. The Morgan fingerprint density at radius 2 is 2.17 bits per heavy atom. The van der Waals surface area contributed by atoms with Gasteiger partial charge in [0.2, 0.25) is 0 Å². The van der Waals surface area contributed by atoms with Crippen molar-refractivity contribution in [2.24, 2.45) is 0 Å². The highest BCUT2D eigenvalue weighted by molar-refractivity contribution is 7.09. The molecule has 0 bridgehead atoms. The number of benzene rings is 1. The molecule has 0 aliphatic heterocycles. The highest BCUT2D eigenvalue weighted by Crippen LogP contribution is 2.22. The topological polar surface area (TPSA) is 16.1 Å². The zero-order chi connectivity index (χ0) is 13.0. The van der Waals surface area contributed by atoms with Gasteiger partial charge in [-0.2, -0.15) is 0 Å². The average molecular weight is 285 g/mol. The van der Waals surface area contributed by atoms with Crippen molar-refractivity contribution in [3.05, 3.63) is 46.2 Å². The van der Waals surface area contributed by atoms with Gasteiger partial charge in [-0.15, -0.1) is 22.9 Å². The summed E-state index contributed by atoms with van der Waals surface area (Å²) < 4.78 is 13.7. The number of hydrogen-bond acceptors (Lipinski definition) is 3. The Balaban J connectivity index is 2.17. The highest BCUT2D eigenvalue weighted by Gasteiger charge is 2.11. The minimum Gasteiger partial charge on any atom is -0.363 e. The van der Waals surface area contributed by atoms with Crippen LogP contribution in [0.25, 0.3) is 0 Å². The second kappa shape index (κ2) is 6.16. The number of hydrogen-bond donors (Lipinski definition) is 0. The van der Waals surface area contributed by atoms with Crippen LogP contribution in [0.1, 0.15) is 17.6 Å². The molecule has 2 rings (SSSR count). The summed E-state index contributed by atoms with van der Waals surface area (Å²) in [5, 5.41) is 2.90. The van der Waals surface area contributed by atoms with Gasteiger partial charge in [-0.1, -0.05) is 12.1 Å². The quantitative estimate of drug-likeness (QED) is 0.770. The molecule has 0 atom stereocenters. The number of nitrogens with zero attached hydrogens (tertiary/aromatic N) is 2. The van der Waals surface area contributed by atoms with E-state index >= 15 is 0 Å². The lowest BCUT2D eigenvalue weighted by Gasteiger charge is -2.22. The molecule has 0 fully saturated rings. The molecule has 0 aliphatic rings. The number of halogens is 2. The number of alkyl halides is 1. The molecule has 1 heterocycles. The Labute approximate surface area is 115 Å². The van der Waals surface area contributed by atoms with Gasteiger partial charge in [0.1, 0.15) is 10.8 Å². The molecule has 18 heavy (non-hydrogen) atoms. The summed E-state index contributed by atoms with van der Waals surface area (Å²) in [6, 6.07) is 6.80. The van der Waals surface area contributed by atoms with Crippen LogP contribution in [0, 0.1) is 5.82 Å². The number of rotatable bonds is 5. The van der Waals surface area contributed by atoms with Gasteiger partial charge in [0.15, 0.2) is 0 Å². The number of thiazole rings is 1. The molecule has 0 spiro atoms. The highest BCUT2D eigenvalue weighted by atomic mass is 35.5. The van der Waals surface area contributed by atoms with Crippen LogP contribution in [0.3, 0.4) is 0 Å². The van der Waals surface area contributed by atoms with E-state index in [9.17, 15) is 4.39 Å². The van der Waals surface area contributed by atoms with Crippen molar-refractivity contribution in [2.45, 2.75) is 19.3 Å². The number of para-hydroxylation sites is 1. The first-order chi connectivity index (χ1) is 8.74. The van der Waals surface area contributed by atoms with Gasteiger partial charge in [-0.25, -0.2) is 9.37 Å². The van der Waals surface area contributed by atoms with Gasteiger partial charge in [0.25, 0.3) is 0 Å². The Morgan fingerprint density at radius 1 is 1.39 bits per heavy atom. The van der Waals surface area contributed by atoms with Gasteiger partial charge < -0.3 is 4.90 Å². The summed E-state index contributed by atoms with van der Waals surface area (Å²) in [7, 11) is 0. The molecule has 5 heteroatoms. The van der Waals surface area contributed by atoms with E-state index in [2.05, 4.69) is 4.98 Å². The predicted octanol–water partition coefficient (Wildman–Crippen LogP) is 4.05. The standard InChI is InChI=1S/C13H14ClFN2S/c1-2-17(12-6-4-3-5-11(12)15)8-13-16-10(7-14)9-18-13/h3-6,9H,2,7-8H2,1H3. The molecule has 0 saturated heterocycles. The zero-order valence-corrected chi connectivity index (χ0v) is 11.6. The molecular weight excluding hydrogens is 271 g/mol. The van der Waals surface area contributed by atoms with E-state index in [1.165, 1.54) is 6.07 Å². The molecule has 0 amide bonds. The molecule has 2 nitrogen and oxygen atoms in total. The Hall–Kier alpha value is -1.13. The van der Waals surface area contributed by atoms with Gasteiger partial charge >= 0.3 is 0 Å². The first-order valence-electron chi connectivity index (χ1n) is 5.73. The SMILES string of the molecule is CCN(Cc1nc(CCl)cs1)c1ccccc1F. The third kappa shape index (κ3) is 3.00. The fraction of sp³-hybridized carbons (Fsp3) is 0.308. The normalized spacial score (nSPS) is 10.6. The largest absolute Gasteiger partial charge is 0.363 e. The fourth-order valence-corrected chi connectivity index (χ4v) is 2.76. The maximum absolute atomic E-state index is 13.7. The molecular formula is C13H14ClFN2S. The average Bonchev–Trinajstić information content (AvgIpc) is 2.85. The van der Waals surface area contributed by atoms with E-state index in [1.807, 2.05) is 23.3 Å². The van der Waals surface area contributed by atoms with Crippen LogP contribution in [0.4, 0.5) is 10.1 Å². The first kappa shape index (κ1) is 13.3. The van der Waals surface area contributed by atoms with Crippen molar-refractivity contribution in [3.63, 3.8) is 0 Å². The third-order valence-electron chi connectivity index (χ3n) is 2.64. The molecule has 0 aliphatic carbocycles. The summed E-state index contributed by atoms with van der Waals surface area (Å²) in [4.78, 5) is 6.36. The first-order valence-corrected chi connectivity index (χ1v) is 7.14. The van der Waals surface area contributed by atoms with Crippen molar-refractivity contribution >= 4 is 28.6 Å². The van der Waals surface area contributed by atoms with Crippen molar-refractivity contribution in [2.75, 3.05) is 11.4 Å². The van der Waals surface area contributed by atoms with Crippen LogP contribution >= 0.6 is 22.9 Å². The smallest absolute Gasteiger partial charge is 0.146 e. The van der Waals surface area contributed by atoms with E-state index in [0.717, 1.165) is 17.2 Å². The molecule has 1 aromatic carbocycles. The zero-order valence-electron chi connectivity index (χ0n) is 10.1. The van der Waals surface area contributed by atoms with Crippen LogP contribution in [0.5, 0.6) is 0 Å². The lowest BCUT2D eigenvalue weighted by molar-refractivity contribution is 0.617. The van der Waals surface area contributed by atoms with E-state index < -0.39 is 0 Å². The molecule has 0 radical (unpaired) electrons. The molecule has 2 aromatic rings. The van der Waals surface area contributed by atoms with Gasteiger partial charge in [0, 0.05) is 11.9 Å². The van der Waals surface area contributed by atoms with Crippen LogP contribution in [-0.4, -0.2) is 11.5 Å². The van der Waals surface area contributed by atoms with Crippen molar-refractivity contribution in [1.82, 2.24) is 4.98 Å². The Kier molecular flexibility index (Phi) is 4.55. The second-order valence-electron chi connectivity index (χ2n) is 3.83. The predicted molar refractivity (Wildman–Crippen MR) is 74.8 cm³/mol. The summed E-state index contributed by atoms with van der Waals surface area (Å²) in [5.41, 5.74) is 1.49. The van der Waals surface area contributed by atoms with Crippen molar-refractivity contribution < 1.29 is 4.39 Å². The van der Waals surface area contributed by atoms with E-state index in [1.54, 1.807) is 23.5 Å². The lowest BCUT2D eigenvalue weighted by Crippen LogP contribution is -2.22. The van der Waals surface area contributed by atoms with Gasteiger partial charge in [0.05, 0.1) is 23.8 Å². The van der Waals surface area contributed by atoms with Gasteiger partial charge in [-0.3, -0.25) is 0 Å². The fourth-order valence-electron chi connectivity index (χ4n) is 1.72. The summed E-state index contributed by atoms with van der Waals surface area (Å²) >= 11 is 7.28. The minimum absolute atomic E-state index is 0.200. The Bertz CT molecular complexity index is 515. The second-order valence-corrected chi connectivity index (χ2v) is 5.04. The lowest BCUT2D eigenvalue weighted by atomic mass is 10.2. The minimum atomic E-state index is -0.200. The molecule has 96 valence electrons. The summed E-state index contributed by atoms with van der Waals surface area (Å²) in [5.74, 6) is 0.218. The van der Waals surface area contributed by atoms with E-state index in [-0.39, 0.29) is 5.82 Å². The van der Waals surface area contributed by atoms with Crippen LogP contribution in [0.2, 0.25) is 0 Å². The van der Waals surface area contributed by atoms with E-state index in [4.69, 9.17) is 11.6 Å². The third-order valence-corrected chi connectivity index (χ3v) is 3.79. The number of anilines is 1. The van der Waals surface area contributed by atoms with Crippen LogP contribution in [0.15, 0.2) is 29.6 Å². The van der Waals surface area contributed by atoms with Crippen LogP contribution < -0.4 is 4.90 Å². The summed E-state index contributed by atoms with van der Waals surface area (Å²) in [6.45, 7) is 3.35. The maximum Gasteiger partial charge on any atom is 0.146 e. The summed E-state index contributed by atoms with van der Waals surface area (Å²) in [6.07, 6.45) is 0. The van der Waals surface area contributed by atoms with Crippen molar-refractivity contribution in [3.8, 4) is 0 Å². The van der Waals surface area contributed by atoms with Gasteiger partial charge in [-0.05, 0) is 19.1 Å². The van der Waals surface area contributed by atoms with Crippen molar-refractivity contribution in [1.29, 1.82) is 0 Å². The monoisotopic (exact) mass is 284 g/mol. The molecule has 0 unspecified atom stereocenters. The van der Waals surface area contributed by atoms with Crippen LogP contribution in [-0.2, 0) is 12.4 Å². The molecule has 0 saturated carbocycles. The Morgan fingerprint density at radius 3 is 2.78 bits per heavy atom. The van der Waals surface area contributed by atoms with E-state index in [0.29, 0.717) is 18.1 Å².